The van der Waals surface area contributed by atoms with Gasteiger partial charge in [-0.1, -0.05) is 12.1 Å². The maximum Gasteiger partial charge on any atom is 0.328 e. The molecule has 2 aromatic rings. The first kappa shape index (κ1) is 10.6. The van der Waals surface area contributed by atoms with E-state index >= 15 is 0 Å². The second kappa shape index (κ2) is 3.57. The Hall–Kier alpha value is -1.94. The van der Waals surface area contributed by atoms with Crippen molar-refractivity contribution < 1.29 is 9.90 Å². The van der Waals surface area contributed by atoms with Crippen LogP contribution in [0.1, 0.15) is 12.5 Å². The second-order valence-electron chi connectivity index (χ2n) is 3.92. The van der Waals surface area contributed by atoms with Crippen LogP contribution < -0.4 is 5.73 Å². The zero-order valence-electron chi connectivity index (χ0n) is 8.84. The van der Waals surface area contributed by atoms with Gasteiger partial charge in [0.1, 0.15) is 5.54 Å². The van der Waals surface area contributed by atoms with Gasteiger partial charge >= 0.3 is 5.97 Å². The number of pyridine rings is 1. The van der Waals surface area contributed by atoms with Gasteiger partial charge in [0, 0.05) is 11.6 Å². The first-order valence-electron chi connectivity index (χ1n) is 4.89. The lowest BCUT2D eigenvalue weighted by molar-refractivity contribution is -0.143. The number of hydrogen-bond donors (Lipinski definition) is 2. The minimum Gasteiger partial charge on any atom is -0.480 e. The molecule has 1 atom stereocenters. The summed E-state index contributed by atoms with van der Waals surface area (Å²) in [6.07, 6.45) is 1.70. The molecule has 3 N–H and O–H groups in total. The third kappa shape index (κ3) is 1.63. The van der Waals surface area contributed by atoms with Gasteiger partial charge in [-0.2, -0.15) is 0 Å². The average molecular weight is 216 g/mol. The molecular weight excluding hydrogens is 204 g/mol. The van der Waals surface area contributed by atoms with Crippen molar-refractivity contribution in [2.45, 2.75) is 12.5 Å². The van der Waals surface area contributed by atoms with E-state index in [4.69, 9.17) is 10.8 Å². The molecule has 0 fully saturated rings. The summed E-state index contributed by atoms with van der Waals surface area (Å²) in [5, 5.41) is 9.91. The van der Waals surface area contributed by atoms with Crippen molar-refractivity contribution >= 4 is 16.9 Å². The molecule has 1 aromatic carbocycles. The Balaban J connectivity index is 2.59. The molecular formula is C12H12N2O2. The van der Waals surface area contributed by atoms with Crippen LogP contribution >= 0.6 is 0 Å². The second-order valence-corrected chi connectivity index (χ2v) is 3.92. The molecule has 1 unspecified atom stereocenters. The number of hydrogen-bond acceptors (Lipinski definition) is 3. The molecule has 0 amide bonds. The molecule has 0 aliphatic heterocycles. The average Bonchev–Trinajstić information content (AvgIpc) is 2.28. The van der Waals surface area contributed by atoms with Crippen molar-refractivity contribution in [3.8, 4) is 0 Å². The van der Waals surface area contributed by atoms with Gasteiger partial charge in [0.2, 0.25) is 0 Å². The van der Waals surface area contributed by atoms with E-state index in [0.717, 1.165) is 10.9 Å². The number of aliphatic carboxylic acids is 1. The van der Waals surface area contributed by atoms with Crippen LogP contribution in [0.3, 0.4) is 0 Å². The quantitative estimate of drug-likeness (QED) is 0.797. The fourth-order valence-electron chi connectivity index (χ4n) is 1.52. The smallest absolute Gasteiger partial charge is 0.328 e. The summed E-state index contributed by atoms with van der Waals surface area (Å²) in [5.41, 5.74) is 5.78. The number of carbonyl (C=O) groups is 1. The van der Waals surface area contributed by atoms with Gasteiger partial charge in [-0.25, -0.2) is 4.79 Å². The van der Waals surface area contributed by atoms with Crippen molar-refractivity contribution in [2.24, 2.45) is 5.73 Å². The lowest BCUT2D eigenvalue weighted by atomic mass is 9.92. The third-order valence-corrected chi connectivity index (χ3v) is 2.65. The molecule has 0 bridgehead atoms. The van der Waals surface area contributed by atoms with Gasteiger partial charge in [-0.3, -0.25) is 4.98 Å². The highest BCUT2D eigenvalue weighted by molar-refractivity contribution is 5.84. The van der Waals surface area contributed by atoms with Crippen molar-refractivity contribution in [2.75, 3.05) is 0 Å². The van der Waals surface area contributed by atoms with Gasteiger partial charge < -0.3 is 10.8 Å². The van der Waals surface area contributed by atoms with Gasteiger partial charge in [0.15, 0.2) is 0 Å². The highest BCUT2D eigenvalue weighted by atomic mass is 16.4. The lowest BCUT2D eigenvalue weighted by Crippen LogP contribution is -2.41. The van der Waals surface area contributed by atoms with Crippen LogP contribution in [0.5, 0.6) is 0 Å². The number of benzene rings is 1. The minimum atomic E-state index is -1.37. The maximum absolute atomic E-state index is 11.0. The summed E-state index contributed by atoms with van der Waals surface area (Å²) in [6.45, 7) is 1.48. The molecule has 82 valence electrons. The van der Waals surface area contributed by atoms with E-state index in [1.807, 2.05) is 6.07 Å². The molecule has 0 aliphatic carbocycles. The number of carboxylic acid groups (broad SMARTS) is 1. The Morgan fingerprint density at radius 1 is 1.44 bits per heavy atom. The van der Waals surface area contributed by atoms with Crippen LogP contribution in [0.4, 0.5) is 0 Å². The molecule has 0 saturated heterocycles. The standard InChI is InChI=1S/C12H12N2O2/c1-12(13,11(15)16)9-4-5-10-8(7-9)3-2-6-14-10/h2-7H,13H2,1H3,(H,15,16). The molecule has 1 heterocycles. The third-order valence-electron chi connectivity index (χ3n) is 2.65. The largest absolute Gasteiger partial charge is 0.480 e. The molecule has 0 radical (unpaired) electrons. The van der Waals surface area contributed by atoms with Crippen molar-refractivity contribution in [3.63, 3.8) is 0 Å². The van der Waals surface area contributed by atoms with Crippen molar-refractivity contribution in [1.82, 2.24) is 4.98 Å². The number of nitrogens with zero attached hydrogens (tertiary/aromatic N) is 1. The minimum absolute atomic E-state index is 0.570. The predicted octanol–water partition coefficient (Wildman–Crippen LogP) is 1.49. The Morgan fingerprint density at radius 2 is 2.19 bits per heavy atom. The summed E-state index contributed by atoms with van der Waals surface area (Å²) in [6, 6.07) is 8.92. The summed E-state index contributed by atoms with van der Waals surface area (Å²) in [7, 11) is 0. The van der Waals surface area contributed by atoms with E-state index < -0.39 is 11.5 Å². The van der Waals surface area contributed by atoms with E-state index in [1.54, 1.807) is 30.5 Å². The molecule has 16 heavy (non-hydrogen) atoms. The Kier molecular flexibility index (Phi) is 2.36. The van der Waals surface area contributed by atoms with Gasteiger partial charge in [0.05, 0.1) is 5.52 Å². The van der Waals surface area contributed by atoms with Gasteiger partial charge in [-0.05, 0) is 30.7 Å². The number of carboxylic acids is 1. The number of nitrogens with two attached hydrogens (primary N) is 1. The van der Waals surface area contributed by atoms with E-state index in [2.05, 4.69) is 4.98 Å². The van der Waals surface area contributed by atoms with Crippen LogP contribution in [-0.2, 0) is 10.3 Å². The van der Waals surface area contributed by atoms with E-state index in [1.165, 1.54) is 6.92 Å². The first-order valence-corrected chi connectivity index (χ1v) is 4.89. The Bertz CT molecular complexity index is 549. The fraction of sp³-hybridized carbons (Fsp3) is 0.167. The highest BCUT2D eigenvalue weighted by Gasteiger charge is 2.30. The highest BCUT2D eigenvalue weighted by Crippen LogP contribution is 2.22. The molecule has 4 nitrogen and oxygen atoms in total. The number of rotatable bonds is 2. The molecule has 0 spiro atoms. The molecule has 0 aliphatic rings. The molecule has 0 saturated carbocycles. The van der Waals surface area contributed by atoms with Crippen LogP contribution in [0.15, 0.2) is 36.5 Å². The molecule has 1 aromatic heterocycles. The topological polar surface area (TPSA) is 76.2 Å². The molecule has 2 rings (SSSR count). The van der Waals surface area contributed by atoms with E-state index in [9.17, 15) is 4.79 Å². The Morgan fingerprint density at radius 3 is 2.88 bits per heavy atom. The van der Waals surface area contributed by atoms with Crippen molar-refractivity contribution in [1.29, 1.82) is 0 Å². The summed E-state index contributed by atoms with van der Waals surface area (Å²) < 4.78 is 0. The van der Waals surface area contributed by atoms with Crippen LogP contribution in [-0.4, -0.2) is 16.1 Å². The Labute approximate surface area is 92.7 Å². The first-order chi connectivity index (χ1) is 7.51. The van der Waals surface area contributed by atoms with Crippen molar-refractivity contribution in [3.05, 3.63) is 42.1 Å². The maximum atomic E-state index is 11.0. The fourth-order valence-corrected chi connectivity index (χ4v) is 1.52. The lowest BCUT2D eigenvalue weighted by Gasteiger charge is -2.19. The predicted molar refractivity (Wildman–Crippen MR) is 60.9 cm³/mol. The SMILES string of the molecule is CC(N)(C(=O)O)c1ccc2ncccc2c1. The zero-order chi connectivity index (χ0) is 11.8. The molecule has 4 heteroatoms. The number of fused-ring (bicyclic) bond motifs is 1. The number of aromatic nitrogens is 1. The summed E-state index contributed by atoms with van der Waals surface area (Å²) in [4.78, 5) is 15.2. The summed E-state index contributed by atoms with van der Waals surface area (Å²) in [5.74, 6) is -1.05. The normalized spacial score (nSPS) is 14.6. The van der Waals surface area contributed by atoms with E-state index in [-0.39, 0.29) is 0 Å². The van der Waals surface area contributed by atoms with Crippen LogP contribution in [0, 0.1) is 0 Å². The van der Waals surface area contributed by atoms with Crippen LogP contribution in [0.2, 0.25) is 0 Å². The monoisotopic (exact) mass is 216 g/mol. The van der Waals surface area contributed by atoms with Gasteiger partial charge in [0.25, 0.3) is 0 Å². The van der Waals surface area contributed by atoms with Crippen LogP contribution in [0.25, 0.3) is 10.9 Å². The summed E-state index contributed by atoms with van der Waals surface area (Å²) >= 11 is 0. The zero-order valence-corrected chi connectivity index (χ0v) is 8.84. The van der Waals surface area contributed by atoms with E-state index in [0.29, 0.717) is 5.56 Å². The van der Waals surface area contributed by atoms with Gasteiger partial charge in [-0.15, -0.1) is 0 Å².